The lowest BCUT2D eigenvalue weighted by atomic mass is 9.84. The van der Waals surface area contributed by atoms with E-state index >= 15 is 0 Å². The number of carbonyl (C=O) groups is 1. The average Bonchev–Trinajstić information content (AvgIpc) is 2.16. The van der Waals surface area contributed by atoms with Gasteiger partial charge in [0, 0.05) is 0 Å². The molecule has 0 saturated carbocycles. The van der Waals surface area contributed by atoms with Crippen molar-refractivity contribution in [3.63, 3.8) is 0 Å². The van der Waals surface area contributed by atoms with Crippen molar-refractivity contribution in [1.82, 2.24) is 0 Å². The molecule has 1 rings (SSSR count). The minimum Gasteiger partial charge on any atom is -0.478 e. The predicted molar refractivity (Wildman–Crippen MR) is 56.9 cm³/mol. The molecule has 0 spiro atoms. The summed E-state index contributed by atoms with van der Waals surface area (Å²) in [5.41, 5.74) is 0.414. The van der Waals surface area contributed by atoms with Crippen molar-refractivity contribution in [2.24, 2.45) is 11.8 Å². The third kappa shape index (κ3) is 2.59. The minimum atomic E-state index is -0.836. The summed E-state index contributed by atoms with van der Waals surface area (Å²) < 4.78 is 0. The molecule has 0 aliphatic heterocycles. The van der Waals surface area contributed by atoms with Gasteiger partial charge in [-0.25, -0.2) is 4.79 Å². The van der Waals surface area contributed by atoms with Gasteiger partial charge in [0.2, 0.25) is 0 Å². The zero-order valence-electron chi connectivity index (χ0n) is 8.44. The van der Waals surface area contributed by atoms with Crippen molar-refractivity contribution < 1.29 is 9.90 Å². The van der Waals surface area contributed by atoms with Crippen LogP contribution < -0.4 is 0 Å². The molecule has 0 aromatic heterocycles. The molecule has 0 radical (unpaired) electrons. The van der Waals surface area contributed by atoms with Gasteiger partial charge in [0.25, 0.3) is 0 Å². The van der Waals surface area contributed by atoms with Gasteiger partial charge in [-0.2, -0.15) is 0 Å². The fourth-order valence-electron chi connectivity index (χ4n) is 1.64. The molecule has 0 saturated heterocycles. The van der Waals surface area contributed by atoms with Gasteiger partial charge in [-0.05, 0) is 24.7 Å². The Balaban J connectivity index is 2.69. The maximum atomic E-state index is 10.7. The van der Waals surface area contributed by atoms with Crippen molar-refractivity contribution in [2.45, 2.75) is 19.8 Å². The van der Waals surface area contributed by atoms with Crippen molar-refractivity contribution >= 4 is 5.97 Å². The summed E-state index contributed by atoms with van der Waals surface area (Å²) in [6.07, 6.45) is 9.31. The van der Waals surface area contributed by atoms with Gasteiger partial charge in [-0.15, -0.1) is 6.58 Å². The van der Waals surface area contributed by atoms with Crippen LogP contribution in [-0.4, -0.2) is 11.1 Å². The molecular formula is C12H16O2. The summed E-state index contributed by atoms with van der Waals surface area (Å²) in [6, 6.07) is 0. The summed E-state index contributed by atoms with van der Waals surface area (Å²) >= 11 is 0. The predicted octanol–water partition coefficient (Wildman–Crippen LogP) is 2.79. The molecule has 0 bridgehead atoms. The largest absolute Gasteiger partial charge is 0.478 e. The van der Waals surface area contributed by atoms with Crippen LogP contribution in [0.1, 0.15) is 19.8 Å². The molecule has 0 aromatic carbocycles. The summed E-state index contributed by atoms with van der Waals surface area (Å²) in [4.78, 5) is 10.7. The van der Waals surface area contributed by atoms with Crippen LogP contribution in [0.2, 0.25) is 0 Å². The van der Waals surface area contributed by atoms with Gasteiger partial charge in [0.15, 0.2) is 0 Å². The molecule has 1 N–H and O–H groups in total. The highest BCUT2D eigenvalue weighted by Gasteiger charge is 2.18. The smallest absolute Gasteiger partial charge is 0.335 e. The molecule has 14 heavy (non-hydrogen) atoms. The molecule has 2 atom stereocenters. The van der Waals surface area contributed by atoms with Crippen molar-refractivity contribution in [3.8, 4) is 0 Å². The number of carboxylic acid groups (broad SMARTS) is 1. The highest BCUT2D eigenvalue weighted by atomic mass is 16.4. The van der Waals surface area contributed by atoms with E-state index in [2.05, 4.69) is 13.5 Å². The average molecular weight is 192 g/mol. The molecule has 2 nitrogen and oxygen atoms in total. The van der Waals surface area contributed by atoms with E-state index in [0.717, 1.165) is 12.8 Å². The van der Waals surface area contributed by atoms with Crippen LogP contribution in [0.4, 0.5) is 0 Å². The normalized spacial score (nSPS) is 25.6. The summed E-state index contributed by atoms with van der Waals surface area (Å²) in [5.74, 6) is -0.0705. The Labute approximate surface area is 84.6 Å². The Bertz CT molecular complexity index is 287. The van der Waals surface area contributed by atoms with E-state index in [1.54, 1.807) is 6.08 Å². The molecule has 1 aliphatic carbocycles. The highest BCUT2D eigenvalue weighted by Crippen LogP contribution is 2.26. The summed E-state index contributed by atoms with van der Waals surface area (Å²) in [7, 11) is 0. The zero-order chi connectivity index (χ0) is 10.6. The highest BCUT2D eigenvalue weighted by molar-refractivity contribution is 5.90. The summed E-state index contributed by atoms with van der Waals surface area (Å²) in [6.45, 7) is 5.78. The molecule has 1 aliphatic rings. The van der Waals surface area contributed by atoms with E-state index < -0.39 is 5.97 Å². The third-order valence-corrected chi connectivity index (χ3v) is 2.60. The number of rotatable bonds is 4. The lowest BCUT2D eigenvalue weighted by molar-refractivity contribution is -0.132. The molecule has 76 valence electrons. The summed E-state index contributed by atoms with van der Waals surface area (Å²) in [5, 5.41) is 8.83. The lowest BCUT2D eigenvalue weighted by Crippen LogP contribution is -2.13. The Morgan fingerprint density at radius 2 is 2.43 bits per heavy atom. The first-order valence-electron chi connectivity index (χ1n) is 4.89. The maximum absolute atomic E-state index is 10.7. The first-order chi connectivity index (χ1) is 6.65. The monoisotopic (exact) mass is 192 g/mol. The molecule has 0 fully saturated rings. The first kappa shape index (κ1) is 10.8. The van der Waals surface area contributed by atoms with Gasteiger partial charge < -0.3 is 5.11 Å². The Hall–Kier alpha value is -1.31. The molecule has 2 heteroatoms. The van der Waals surface area contributed by atoms with E-state index in [1.807, 2.05) is 18.2 Å². The molecule has 2 unspecified atom stereocenters. The topological polar surface area (TPSA) is 37.3 Å². The fourth-order valence-corrected chi connectivity index (χ4v) is 1.64. The van der Waals surface area contributed by atoms with E-state index in [1.165, 1.54) is 0 Å². The second-order valence-corrected chi connectivity index (χ2v) is 3.68. The van der Waals surface area contributed by atoms with Crippen LogP contribution >= 0.6 is 0 Å². The van der Waals surface area contributed by atoms with Gasteiger partial charge >= 0.3 is 5.97 Å². The second kappa shape index (κ2) is 4.80. The van der Waals surface area contributed by atoms with Crippen molar-refractivity contribution in [3.05, 3.63) is 36.5 Å². The van der Waals surface area contributed by atoms with E-state index in [0.29, 0.717) is 17.4 Å². The number of carboxylic acids is 1. The van der Waals surface area contributed by atoms with Crippen molar-refractivity contribution in [2.75, 3.05) is 0 Å². The number of hydrogen-bond donors (Lipinski definition) is 1. The van der Waals surface area contributed by atoms with E-state index in [9.17, 15) is 4.79 Å². The van der Waals surface area contributed by atoms with Crippen molar-refractivity contribution in [1.29, 1.82) is 0 Å². The SMILES string of the molecule is C=CCCC1C=C(C(=O)O)C=CC1C. The van der Waals surface area contributed by atoms with E-state index in [-0.39, 0.29) is 0 Å². The van der Waals surface area contributed by atoms with Gasteiger partial charge in [-0.3, -0.25) is 0 Å². The van der Waals surface area contributed by atoms with Gasteiger partial charge in [0.1, 0.15) is 0 Å². The van der Waals surface area contributed by atoms with Gasteiger partial charge in [0.05, 0.1) is 5.57 Å². The molecule has 0 aromatic rings. The number of allylic oxidation sites excluding steroid dienone is 3. The minimum absolute atomic E-state index is 0.337. The quantitative estimate of drug-likeness (QED) is 0.695. The molecule has 0 heterocycles. The Morgan fingerprint density at radius 3 is 3.00 bits per heavy atom. The van der Waals surface area contributed by atoms with Crippen LogP contribution in [0.3, 0.4) is 0 Å². The zero-order valence-corrected chi connectivity index (χ0v) is 8.44. The Morgan fingerprint density at radius 1 is 1.71 bits per heavy atom. The maximum Gasteiger partial charge on any atom is 0.335 e. The van der Waals surface area contributed by atoms with E-state index in [4.69, 9.17) is 5.11 Å². The standard InChI is InChI=1S/C12H16O2/c1-3-4-5-10-8-11(12(13)14)7-6-9(10)2/h3,6-10H,1,4-5H2,2H3,(H,13,14). The molecular weight excluding hydrogens is 176 g/mol. The molecule has 0 amide bonds. The van der Waals surface area contributed by atoms with Crippen LogP contribution in [0, 0.1) is 11.8 Å². The third-order valence-electron chi connectivity index (χ3n) is 2.60. The van der Waals surface area contributed by atoms with Crippen LogP contribution in [-0.2, 0) is 4.79 Å². The van der Waals surface area contributed by atoms with Crippen LogP contribution in [0.5, 0.6) is 0 Å². The van der Waals surface area contributed by atoms with Crippen LogP contribution in [0.15, 0.2) is 36.5 Å². The second-order valence-electron chi connectivity index (χ2n) is 3.68. The number of aliphatic carboxylic acids is 1. The van der Waals surface area contributed by atoms with Gasteiger partial charge in [-0.1, -0.05) is 31.2 Å². The lowest BCUT2D eigenvalue weighted by Gasteiger charge is -2.21. The van der Waals surface area contributed by atoms with Crippen LogP contribution in [0.25, 0.3) is 0 Å². The first-order valence-corrected chi connectivity index (χ1v) is 4.89. The Kier molecular flexibility index (Phi) is 3.69. The number of hydrogen-bond acceptors (Lipinski definition) is 1. The fraction of sp³-hybridized carbons (Fsp3) is 0.417.